The van der Waals surface area contributed by atoms with E-state index in [2.05, 4.69) is 22.5 Å². The first-order chi connectivity index (χ1) is 11.2. The Kier molecular flexibility index (Phi) is 4.65. The lowest BCUT2D eigenvalue weighted by Gasteiger charge is -2.26. The van der Waals surface area contributed by atoms with E-state index in [1.807, 2.05) is 23.9 Å². The second-order valence-electron chi connectivity index (χ2n) is 6.02. The van der Waals surface area contributed by atoms with Crippen molar-refractivity contribution in [2.75, 3.05) is 7.11 Å². The Morgan fingerprint density at radius 2 is 2.30 bits per heavy atom. The number of carbonyl (C=O) groups is 1. The van der Waals surface area contributed by atoms with Crippen molar-refractivity contribution in [2.45, 2.75) is 38.1 Å². The number of fused-ring (bicyclic) bond motifs is 1. The minimum Gasteiger partial charge on any atom is -0.497 e. The molecule has 1 N–H and O–H groups in total. The maximum Gasteiger partial charge on any atom is 0.220 e. The summed E-state index contributed by atoms with van der Waals surface area (Å²) in [4.78, 5) is 12.3. The van der Waals surface area contributed by atoms with E-state index in [1.165, 1.54) is 11.1 Å². The predicted molar refractivity (Wildman–Crippen MR) is 88.3 cm³/mol. The van der Waals surface area contributed by atoms with Gasteiger partial charge >= 0.3 is 0 Å². The van der Waals surface area contributed by atoms with Crippen LogP contribution < -0.4 is 10.1 Å². The summed E-state index contributed by atoms with van der Waals surface area (Å²) in [6.07, 6.45) is 6.10. The monoisotopic (exact) mass is 313 g/mol. The van der Waals surface area contributed by atoms with Gasteiger partial charge in [-0.25, -0.2) is 0 Å². The van der Waals surface area contributed by atoms with Crippen LogP contribution in [0.1, 0.15) is 42.1 Å². The summed E-state index contributed by atoms with van der Waals surface area (Å²) < 4.78 is 7.11. The topological polar surface area (TPSA) is 56.1 Å². The van der Waals surface area contributed by atoms with Gasteiger partial charge in [0.25, 0.3) is 0 Å². The van der Waals surface area contributed by atoms with Crippen LogP contribution in [-0.2, 0) is 24.7 Å². The van der Waals surface area contributed by atoms with Gasteiger partial charge in [-0.2, -0.15) is 5.10 Å². The Balaban J connectivity index is 1.62. The Bertz CT molecular complexity index is 693. The molecule has 5 nitrogen and oxygen atoms in total. The number of amides is 1. The molecule has 3 rings (SSSR count). The minimum atomic E-state index is 0.0971. The van der Waals surface area contributed by atoms with Crippen LogP contribution in [0, 0.1) is 0 Å². The van der Waals surface area contributed by atoms with Crippen molar-refractivity contribution in [3.05, 3.63) is 47.3 Å². The average molecular weight is 313 g/mol. The fourth-order valence-corrected chi connectivity index (χ4v) is 3.22. The van der Waals surface area contributed by atoms with E-state index in [1.54, 1.807) is 13.3 Å². The number of benzene rings is 1. The number of methoxy groups -OCH3 is 1. The van der Waals surface area contributed by atoms with Crippen LogP contribution in [0.3, 0.4) is 0 Å². The zero-order chi connectivity index (χ0) is 16.2. The Morgan fingerprint density at radius 1 is 1.43 bits per heavy atom. The molecule has 1 aromatic carbocycles. The standard InChI is InChI=1S/C18H23N3O2/c1-21-14(10-11-19-21)6-9-18(22)20-17-5-3-4-13-12-15(23-2)7-8-16(13)17/h7-8,10-12,17H,3-6,9H2,1-2H3,(H,20,22)/t17-/m0/s1. The minimum absolute atomic E-state index is 0.0971. The number of aromatic nitrogens is 2. The van der Waals surface area contributed by atoms with E-state index in [0.29, 0.717) is 12.8 Å². The maximum atomic E-state index is 12.3. The molecule has 0 spiro atoms. The van der Waals surface area contributed by atoms with Gasteiger partial charge in [0.15, 0.2) is 0 Å². The molecule has 5 heteroatoms. The Morgan fingerprint density at radius 3 is 3.04 bits per heavy atom. The molecule has 0 saturated carbocycles. The zero-order valence-corrected chi connectivity index (χ0v) is 13.7. The smallest absolute Gasteiger partial charge is 0.220 e. The molecule has 0 saturated heterocycles. The normalized spacial score (nSPS) is 16.7. The molecule has 23 heavy (non-hydrogen) atoms. The third-order valence-corrected chi connectivity index (χ3v) is 4.53. The second kappa shape index (κ2) is 6.86. The maximum absolute atomic E-state index is 12.3. The van der Waals surface area contributed by atoms with Gasteiger partial charge < -0.3 is 10.1 Å². The van der Waals surface area contributed by atoms with Crippen molar-refractivity contribution in [3.63, 3.8) is 0 Å². The average Bonchev–Trinajstić information content (AvgIpc) is 2.98. The van der Waals surface area contributed by atoms with E-state index in [-0.39, 0.29) is 11.9 Å². The number of rotatable bonds is 5. The number of carbonyl (C=O) groups excluding carboxylic acids is 1. The van der Waals surface area contributed by atoms with Gasteiger partial charge in [-0.1, -0.05) is 6.07 Å². The Hall–Kier alpha value is -2.30. The van der Waals surface area contributed by atoms with Crippen LogP contribution in [0.2, 0.25) is 0 Å². The van der Waals surface area contributed by atoms with E-state index in [4.69, 9.17) is 4.74 Å². The van der Waals surface area contributed by atoms with Crippen molar-refractivity contribution in [3.8, 4) is 5.75 Å². The molecule has 0 radical (unpaired) electrons. The number of nitrogens with zero attached hydrogens (tertiary/aromatic N) is 2. The first-order valence-corrected chi connectivity index (χ1v) is 8.10. The van der Waals surface area contributed by atoms with Crippen LogP contribution in [0.4, 0.5) is 0 Å². The molecule has 0 unspecified atom stereocenters. The summed E-state index contributed by atoms with van der Waals surface area (Å²) in [5.41, 5.74) is 3.59. The van der Waals surface area contributed by atoms with Crippen LogP contribution in [-0.4, -0.2) is 22.8 Å². The lowest BCUT2D eigenvalue weighted by atomic mass is 9.87. The van der Waals surface area contributed by atoms with Gasteiger partial charge in [-0.15, -0.1) is 0 Å². The zero-order valence-electron chi connectivity index (χ0n) is 13.7. The van der Waals surface area contributed by atoms with Gasteiger partial charge in [0.1, 0.15) is 5.75 Å². The van der Waals surface area contributed by atoms with Crippen molar-refractivity contribution < 1.29 is 9.53 Å². The summed E-state index contributed by atoms with van der Waals surface area (Å²) in [5, 5.41) is 7.31. The molecule has 122 valence electrons. The third kappa shape index (κ3) is 3.55. The van der Waals surface area contributed by atoms with E-state index in [0.717, 1.165) is 30.7 Å². The van der Waals surface area contributed by atoms with Crippen LogP contribution >= 0.6 is 0 Å². The highest BCUT2D eigenvalue weighted by atomic mass is 16.5. The lowest BCUT2D eigenvalue weighted by molar-refractivity contribution is -0.121. The van der Waals surface area contributed by atoms with E-state index in [9.17, 15) is 4.79 Å². The highest BCUT2D eigenvalue weighted by Gasteiger charge is 2.22. The first-order valence-electron chi connectivity index (χ1n) is 8.10. The molecular weight excluding hydrogens is 290 g/mol. The molecule has 0 fully saturated rings. The molecule has 1 atom stereocenters. The van der Waals surface area contributed by atoms with Gasteiger partial charge in [0, 0.05) is 25.4 Å². The molecule has 1 aromatic heterocycles. The fraction of sp³-hybridized carbons (Fsp3) is 0.444. The quantitative estimate of drug-likeness (QED) is 0.923. The van der Waals surface area contributed by atoms with E-state index >= 15 is 0 Å². The first kappa shape index (κ1) is 15.6. The number of ether oxygens (including phenoxy) is 1. The van der Waals surface area contributed by atoms with Crippen LogP contribution in [0.25, 0.3) is 0 Å². The molecule has 0 aliphatic heterocycles. The van der Waals surface area contributed by atoms with E-state index < -0.39 is 0 Å². The number of aryl methyl sites for hydroxylation is 3. The second-order valence-corrected chi connectivity index (χ2v) is 6.02. The lowest BCUT2D eigenvalue weighted by Crippen LogP contribution is -2.31. The summed E-state index contributed by atoms with van der Waals surface area (Å²) in [7, 11) is 3.58. The van der Waals surface area contributed by atoms with Gasteiger partial charge in [0.2, 0.25) is 5.91 Å². The number of hydrogen-bond donors (Lipinski definition) is 1. The SMILES string of the molecule is COc1ccc2c(c1)CCC[C@@H]2NC(=O)CCc1ccnn1C. The van der Waals surface area contributed by atoms with Crippen molar-refractivity contribution in [2.24, 2.45) is 7.05 Å². The molecule has 1 aliphatic carbocycles. The number of nitrogens with one attached hydrogen (secondary N) is 1. The van der Waals surface area contributed by atoms with Gasteiger partial charge in [-0.3, -0.25) is 9.48 Å². The Labute approximate surface area is 136 Å². The fourth-order valence-electron chi connectivity index (χ4n) is 3.22. The van der Waals surface area contributed by atoms with Gasteiger partial charge in [-0.05, 0) is 55.0 Å². The van der Waals surface area contributed by atoms with Crippen LogP contribution in [0.5, 0.6) is 5.75 Å². The van der Waals surface area contributed by atoms with Crippen LogP contribution in [0.15, 0.2) is 30.5 Å². The molecule has 1 aliphatic rings. The highest BCUT2D eigenvalue weighted by molar-refractivity contribution is 5.76. The predicted octanol–water partition coefficient (Wildman–Crippen LogP) is 2.56. The largest absolute Gasteiger partial charge is 0.497 e. The molecule has 1 heterocycles. The summed E-state index contributed by atoms with van der Waals surface area (Å²) in [5.74, 6) is 0.979. The molecule has 1 amide bonds. The highest BCUT2D eigenvalue weighted by Crippen LogP contribution is 2.32. The summed E-state index contributed by atoms with van der Waals surface area (Å²) >= 11 is 0. The molecular formula is C18H23N3O2. The summed E-state index contributed by atoms with van der Waals surface area (Å²) in [6.45, 7) is 0. The summed E-state index contributed by atoms with van der Waals surface area (Å²) in [6, 6.07) is 8.21. The van der Waals surface area contributed by atoms with Crippen molar-refractivity contribution >= 4 is 5.91 Å². The molecule has 2 aromatic rings. The van der Waals surface area contributed by atoms with Crippen molar-refractivity contribution in [1.82, 2.24) is 15.1 Å². The van der Waals surface area contributed by atoms with Gasteiger partial charge in [0.05, 0.1) is 13.2 Å². The third-order valence-electron chi connectivity index (χ3n) is 4.53. The number of hydrogen-bond acceptors (Lipinski definition) is 3. The molecule has 0 bridgehead atoms. The van der Waals surface area contributed by atoms with Crippen molar-refractivity contribution in [1.29, 1.82) is 0 Å².